The lowest BCUT2D eigenvalue weighted by Gasteiger charge is -2.29. The zero-order valence-corrected chi connectivity index (χ0v) is 8.16. The molecule has 0 aromatic carbocycles. The highest BCUT2D eigenvalue weighted by molar-refractivity contribution is 4.93. The van der Waals surface area contributed by atoms with Gasteiger partial charge in [0.2, 0.25) is 0 Å². The number of fused-ring (bicyclic) bond motifs is 2. The molecule has 70 valence electrons. The monoisotopic (exact) mass is 168 g/mol. The highest BCUT2D eigenvalue weighted by atomic mass is 16.3. The SMILES string of the molecule is CC(C)[C@H](O)C1CC2CCC1C2. The van der Waals surface area contributed by atoms with Crippen molar-refractivity contribution in [2.24, 2.45) is 23.7 Å². The molecule has 2 aliphatic carbocycles. The summed E-state index contributed by atoms with van der Waals surface area (Å²) in [6.07, 6.45) is 5.52. The van der Waals surface area contributed by atoms with Crippen LogP contribution in [0.1, 0.15) is 39.5 Å². The van der Waals surface area contributed by atoms with Crippen LogP contribution < -0.4 is 0 Å². The molecule has 0 saturated heterocycles. The molecule has 0 amide bonds. The Morgan fingerprint density at radius 2 is 1.92 bits per heavy atom. The molecule has 1 N–H and O–H groups in total. The molecule has 2 bridgehead atoms. The molecule has 2 aliphatic rings. The molecule has 0 aromatic rings. The Morgan fingerprint density at radius 3 is 2.33 bits per heavy atom. The Bertz CT molecular complexity index is 164. The van der Waals surface area contributed by atoms with Crippen molar-refractivity contribution in [3.05, 3.63) is 0 Å². The highest BCUT2D eigenvalue weighted by Crippen LogP contribution is 2.50. The van der Waals surface area contributed by atoms with Crippen LogP contribution in [-0.2, 0) is 0 Å². The third kappa shape index (κ3) is 1.28. The Kier molecular flexibility index (Phi) is 2.16. The molecule has 12 heavy (non-hydrogen) atoms. The summed E-state index contributed by atoms with van der Waals surface area (Å²) in [5.41, 5.74) is 0. The van der Waals surface area contributed by atoms with Crippen molar-refractivity contribution < 1.29 is 5.11 Å². The lowest BCUT2D eigenvalue weighted by atomic mass is 9.81. The van der Waals surface area contributed by atoms with Crippen molar-refractivity contribution in [3.8, 4) is 0 Å². The number of hydrogen-bond donors (Lipinski definition) is 1. The van der Waals surface area contributed by atoms with Gasteiger partial charge >= 0.3 is 0 Å². The molecule has 0 heterocycles. The number of rotatable bonds is 2. The molecule has 4 atom stereocenters. The molecule has 1 nitrogen and oxygen atoms in total. The third-order valence-electron chi connectivity index (χ3n) is 3.91. The van der Waals surface area contributed by atoms with Crippen molar-refractivity contribution in [2.75, 3.05) is 0 Å². The minimum absolute atomic E-state index is 0.0275. The summed E-state index contributed by atoms with van der Waals surface area (Å²) in [5, 5.41) is 9.95. The van der Waals surface area contributed by atoms with E-state index in [0.717, 1.165) is 11.8 Å². The predicted molar refractivity (Wildman–Crippen MR) is 49.8 cm³/mol. The van der Waals surface area contributed by atoms with Crippen molar-refractivity contribution >= 4 is 0 Å². The van der Waals surface area contributed by atoms with Crippen LogP contribution in [-0.4, -0.2) is 11.2 Å². The van der Waals surface area contributed by atoms with Gasteiger partial charge in [0, 0.05) is 0 Å². The van der Waals surface area contributed by atoms with E-state index in [1.807, 2.05) is 0 Å². The van der Waals surface area contributed by atoms with Gasteiger partial charge in [0.15, 0.2) is 0 Å². The molecule has 0 aromatic heterocycles. The number of aliphatic hydroxyl groups excluding tert-OH is 1. The van der Waals surface area contributed by atoms with E-state index in [-0.39, 0.29) is 6.10 Å². The molecule has 2 rings (SSSR count). The van der Waals surface area contributed by atoms with Gasteiger partial charge in [-0.1, -0.05) is 20.3 Å². The van der Waals surface area contributed by atoms with Gasteiger partial charge in [0.25, 0.3) is 0 Å². The molecular weight excluding hydrogens is 148 g/mol. The lowest BCUT2D eigenvalue weighted by Crippen LogP contribution is -2.29. The summed E-state index contributed by atoms with van der Waals surface area (Å²) in [5.74, 6) is 2.93. The summed E-state index contributed by atoms with van der Waals surface area (Å²) in [6.45, 7) is 4.27. The Balaban J connectivity index is 1.97. The highest BCUT2D eigenvalue weighted by Gasteiger charge is 2.43. The van der Waals surface area contributed by atoms with E-state index in [1.165, 1.54) is 25.7 Å². The van der Waals surface area contributed by atoms with Gasteiger partial charge in [-0.15, -0.1) is 0 Å². The Morgan fingerprint density at radius 1 is 1.17 bits per heavy atom. The lowest BCUT2D eigenvalue weighted by molar-refractivity contribution is 0.0376. The normalized spacial score (nSPS) is 42.5. The van der Waals surface area contributed by atoms with E-state index in [0.29, 0.717) is 11.8 Å². The van der Waals surface area contributed by atoms with E-state index in [1.54, 1.807) is 0 Å². The molecule has 2 fully saturated rings. The number of hydrogen-bond acceptors (Lipinski definition) is 1. The second-order valence-electron chi connectivity index (χ2n) is 5.07. The van der Waals surface area contributed by atoms with E-state index < -0.39 is 0 Å². The summed E-state index contributed by atoms with van der Waals surface area (Å²) in [7, 11) is 0. The van der Waals surface area contributed by atoms with Crippen molar-refractivity contribution in [1.29, 1.82) is 0 Å². The second kappa shape index (κ2) is 3.02. The second-order valence-corrected chi connectivity index (χ2v) is 5.07. The molecule has 1 heteroatoms. The summed E-state index contributed by atoms with van der Waals surface area (Å²) < 4.78 is 0. The molecule has 0 radical (unpaired) electrons. The van der Waals surface area contributed by atoms with Gasteiger partial charge in [-0.05, 0) is 42.9 Å². The largest absolute Gasteiger partial charge is 0.393 e. The van der Waals surface area contributed by atoms with Gasteiger partial charge in [-0.3, -0.25) is 0 Å². The van der Waals surface area contributed by atoms with Crippen LogP contribution in [0.15, 0.2) is 0 Å². The maximum Gasteiger partial charge on any atom is 0.0594 e. The minimum atomic E-state index is -0.0275. The van der Waals surface area contributed by atoms with Crippen molar-refractivity contribution in [3.63, 3.8) is 0 Å². The van der Waals surface area contributed by atoms with Gasteiger partial charge < -0.3 is 5.11 Å². The van der Waals surface area contributed by atoms with Crippen LogP contribution in [0, 0.1) is 23.7 Å². The average Bonchev–Trinajstić information content (AvgIpc) is 2.62. The van der Waals surface area contributed by atoms with Crippen LogP contribution >= 0.6 is 0 Å². The van der Waals surface area contributed by atoms with E-state index >= 15 is 0 Å². The standard InChI is InChI=1S/C11H20O/c1-7(2)11(12)10-6-8-3-4-9(10)5-8/h7-12H,3-6H2,1-2H3/t8?,9?,10?,11-/m0/s1. The summed E-state index contributed by atoms with van der Waals surface area (Å²) >= 11 is 0. The fourth-order valence-corrected chi connectivity index (χ4v) is 3.21. The van der Waals surface area contributed by atoms with Crippen LogP contribution in [0.2, 0.25) is 0 Å². The first-order valence-corrected chi connectivity index (χ1v) is 5.36. The quantitative estimate of drug-likeness (QED) is 0.671. The van der Waals surface area contributed by atoms with Crippen LogP contribution in [0.4, 0.5) is 0 Å². The molecule has 0 aliphatic heterocycles. The first-order valence-electron chi connectivity index (χ1n) is 5.36. The first-order chi connectivity index (χ1) is 5.68. The Hall–Kier alpha value is -0.0400. The maximum absolute atomic E-state index is 9.95. The fourth-order valence-electron chi connectivity index (χ4n) is 3.21. The fraction of sp³-hybridized carbons (Fsp3) is 1.00. The maximum atomic E-state index is 9.95. The Labute approximate surface area is 75.2 Å². The summed E-state index contributed by atoms with van der Waals surface area (Å²) in [6, 6.07) is 0. The number of aliphatic hydroxyl groups is 1. The molecule has 0 spiro atoms. The summed E-state index contributed by atoms with van der Waals surface area (Å²) in [4.78, 5) is 0. The van der Waals surface area contributed by atoms with Gasteiger partial charge in [0.05, 0.1) is 6.10 Å². The third-order valence-corrected chi connectivity index (χ3v) is 3.91. The van der Waals surface area contributed by atoms with Crippen LogP contribution in [0.5, 0.6) is 0 Å². The minimum Gasteiger partial charge on any atom is -0.393 e. The van der Waals surface area contributed by atoms with Crippen LogP contribution in [0.25, 0.3) is 0 Å². The van der Waals surface area contributed by atoms with E-state index in [9.17, 15) is 5.11 Å². The van der Waals surface area contributed by atoms with Crippen LogP contribution in [0.3, 0.4) is 0 Å². The average molecular weight is 168 g/mol. The van der Waals surface area contributed by atoms with Gasteiger partial charge in [-0.2, -0.15) is 0 Å². The van der Waals surface area contributed by atoms with E-state index in [4.69, 9.17) is 0 Å². The first kappa shape index (κ1) is 8.55. The zero-order valence-electron chi connectivity index (χ0n) is 8.16. The zero-order chi connectivity index (χ0) is 8.72. The predicted octanol–water partition coefficient (Wildman–Crippen LogP) is 2.44. The van der Waals surface area contributed by atoms with Gasteiger partial charge in [-0.25, -0.2) is 0 Å². The molecule has 3 unspecified atom stereocenters. The molecular formula is C11H20O. The van der Waals surface area contributed by atoms with E-state index in [2.05, 4.69) is 13.8 Å². The molecule has 2 saturated carbocycles. The van der Waals surface area contributed by atoms with Gasteiger partial charge in [0.1, 0.15) is 0 Å². The van der Waals surface area contributed by atoms with Crippen molar-refractivity contribution in [1.82, 2.24) is 0 Å². The topological polar surface area (TPSA) is 20.2 Å². The van der Waals surface area contributed by atoms with Crippen molar-refractivity contribution in [2.45, 2.75) is 45.6 Å². The smallest absolute Gasteiger partial charge is 0.0594 e.